The normalized spacial score (nSPS) is 15.3. The van der Waals surface area contributed by atoms with E-state index in [4.69, 9.17) is 16.3 Å². The number of sulfonamides is 1. The maximum Gasteiger partial charge on any atom is 0.264 e. The summed E-state index contributed by atoms with van der Waals surface area (Å²) in [5.41, 5.74) is 3.31. The first kappa shape index (κ1) is 26.2. The molecule has 0 radical (unpaired) electrons. The van der Waals surface area contributed by atoms with Gasteiger partial charge in [0.15, 0.2) is 0 Å². The fraction of sp³-hybridized carbons (Fsp3) is 0.321. The Labute approximate surface area is 218 Å². The van der Waals surface area contributed by atoms with Gasteiger partial charge in [0.1, 0.15) is 6.54 Å². The Morgan fingerprint density at radius 3 is 2.28 bits per heavy atom. The first-order chi connectivity index (χ1) is 17.2. The highest BCUT2D eigenvalue weighted by Crippen LogP contribution is 2.34. The molecule has 8 heteroatoms. The van der Waals surface area contributed by atoms with Crippen LogP contribution in [-0.4, -0.2) is 40.6 Å². The minimum atomic E-state index is -4.01. The highest BCUT2D eigenvalue weighted by molar-refractivity contribution is 7.92. The summed E-state index contributed by atoms with van der Waals surface area (Å²) in [7, 11) is -4.01. The Hall–Kier alpha value is -2.87. The molecule has 6 nitrogen and oxygen atoms in total. The largest absolute Gasteiger partial charge is 0.381 e. The summed E-state index contributed by atoms with van der Waals surface area (Å²) in [6.07, 6.45) is 1.56. The van der Waals surface area contributed by atoms with Crippen molar-refractivity contribution < 1.29 is 17.9 Å². The highest BCUT2D eigenvalue weighted by Gasteiger charge is 2.35. The molecule has 1 heterocycles. The summed E-state index contributed by atoms with van der Waals surface area (Å²) >= 11 is 5.98. The molecule has 1 saturated heterocycles. The van der Waals surface area contributed by atoms with Crippen LogP contribution in [-0.2, 0) is 25.0 Å². The first-order valence-corrected chi connectivity index (χ1v) is 13.8. The van der Waals surface area contributed by atoms with E-state index >= 15 is 0 Å². The Morgan fingerprint density at radius 1 is 0.972 bits per heavy atom. The van der Waals surface area contributed by atoms with Crippen LogP contribution in [0.2, 0.25) is 5.02 Å². The molecule has 0 unspecified atom stereocenters. The molecule has 1 amide bonds. The number of halogens is 1. The Kier molecular flexibility index (Phi) is 8.03. The minimum absolute atomic E-state index is 0.0723. The number of anilines is 1. The quantitative estimate of drug-likeness (QED) is 0.447. The van der Waals surface area contributed by atoms with Crippen molar-refractivity contribution in [3.8, 4) is 0 Å². The van der Waals surface area contributed by atoms with Crippen molar-refractivity contribution >= 4 is 33.2 Å². The van der Waals surface area contributed by atoms with Crippen LogP contribution in [0.1, 0.15) is 29.5 Å². The summed E-state index contributed by atoms with van der Waals surface area (Å²) in [6.45, 7) is 5.17. The Morgan fingerprint density at radius 2 is 1.64 bits per heavy atom. The number of nitrogens with zero attached hydrogens (tertiary/aromatic N) is 1. The molecular weight excluding hydrogens is 496 g/mol. The van der Waals surface area contributed by atoms with Gasteiger partial charge in [-0.25, -0.2) is 8.42 Å². The predicted molar refractivity (Wildman–Crippen MR) is 143 cm³/mol. The van der Waals surface area contributed by atoms with Crippen molar-refractivity contribution in [3.05, 3.63) is 94.5 Å². The van der Waals surface area contributed by atoms with Crippen molar-refractivity contribution in [1.82, 2.24) is 5.32 Å². The third kappa shape index (κ3) is 5.75. The fourth-order valence-corrected chi connectivity index (χ4v) is 6.04. The number of nitrogens with one attached hydrogen (secondary N) is 1. The fourth-order valence-electron chi connectivity index (χ4n) is 4.51. The molecule has 0 spiro atoms. The van der Waals surface area contributed by atoms with Gasteiger partial charge >= 0.3 is 0 Å². The van der Waals surface area contributed by atoms with Crippen molar-refractivity contribution in [3.63, 3.8) is 0 Å². The number of hydrogen-bond acceptors (Lipinski definition) is 4. The summed E-state index contributed by atoms with van der Waals surface area (Å²) in [5.74, 6) is -0.368. The number of carbonyl (C=O) groups excluding carboxylic acids is 1. The van der Waals surface area contributed by atoms with Crippen LogP contribution in [0.3, 0.4) is 0 Å². The van der Waals surface area contributed by atoms with Crippen molar-refractivity contribution in [2.24, 2.45) is 0 Å². The van der Waals surface area contributed by atoms with Gasteiger partial charge in [-0.2, -0.15) is 0 Å². The van der Waals surface area contributed by atoms with Gasteiger partial charge < -0.3 is 10.1 Å². The average molecular weight is 527 g/mol. The Bertz CT molecular complexity index is 1310. The lowest BCUT2D eigenvalue weighted by molar-refractivity contribution is -0.120. The molecule has 4 rings (SSSR count). The molecule has 0 aromatic heterocycles. The number of amides is 1. The van der Waals surface area contributed by atoms with E-state index in [-0.39, 0.29) is 22.8 Å². The molecule has 36 heavy (non-hydrogen) atoms. The van der Waals surface area contributed by atoms with E-state index in [1.54, 1.807) is 12.1 Å². The van der Waals surface area contributed by atoms with E-state index in [2.05, 4.69) is 17.4 Å². The van der Waals surface area contributed by atoms with Crippen molar-refractivity contribution in [2.75, 3.05) is 30.6 Å². The topological polar surface area (TPSA) is 75.7 Å². The van der Waals surface area contributed by atoms with Gasteiger partial charge in [-0.05, 0) is 79.8 Å². The molecule has 0 bridgehead atoms. The first-order valence-electron chi connectivity index (χ1n) is 12.0. The molecule has 0 aliphatic carbocycles. The zero-order chi connectivity index (χ0) is 25.8. The SMILES string of the molecule is Cc1ccc(N(CC(=O)NCC2(c3ccccc3)CCOCC2)S(=O)(=O)c2ccc(Cl)cc2)cc1C. The summed E-state index contributed by atoms with van der Waals surface area (Å²) in [6, 6.07) is 21.5. The lowest BCUT2D eigenvalue weighted by atomic mass is 9.74. The molecule has 0 saturated carbocycles. The smallest absolute Gasteiger partial charge is 0.264 e. The van der Waals surface area contributed by atoms with Crippen molar-refractivity contribution in [1.29, 1.82) is 0 Å². The Balaban J connectivity index is 1.60. The van der Waals surface area contributed by atoms with Gasteiger partial charge in [0.2, 0.25) is 5.91 Å². The summed E-state index contributed by atoms with van der Waals surface area (Å²) in [5, 5.41) is 3.47. The molecule has 1 N–H and O–H groups in total. The molecule has 1 aliphatic heterocycles. The lowest BCUT2D eigenvalue weighted by Crippen LogP contribution is -2.48. The number of aryl methyl sites for hydroxylation is 2. The van der Waals surface area contributed by atoms with E-state index in [0.717, 1.165) is 33.8 Å². The third-order valence-corrected chi connectivity index (χ3v) is 8.97. The van der Waals surface area contributed by atoms with Gasteiger partial charge in [-0.3, -0.25) is 9.10 Å². The van der Waals surface area contributed by atoms with Gasteiger partial charge in [-0.1, -0.05) is 48.0 Å². The van der Waals surface area contributed by atoms with Gasteiger partial charge in [0.25, 0.3) is 10.0 Å². The minimum Gasteiger partial charge on any atom is -0.381 e. The van der Waals surface area contributed by atoms with Crippen LogP contribution in [0.5, 0.6) is 0 Å². The number of benzene rings is 3. The molecular formula is C28H31ClN2O4S. The second-order valence-corrected chi connectivity index (χ2v) is 11.6. The summed E-state index contributed by atoms with van der Waals surface area (Å²) < 4.78 is 34.1. The molecule has 0 atom stereocenters. The number of ether oxygens (including phenoxy) is 1. The van der Waals surface area contributed by atoms with E-state index in [1.807, 2.05) is 38.1 Å². The van der Waals surface area contributed by atoms with Gasteiger partial charge in [0.05, 0.1) is 10.6 Å². The second kappa shape index (κ2) is 11.0. The molecule has 3 aromatic carbocycles. The number of rotatable bonds is 8. The van der Waals surface area contributed by atoms with Crippen LogP contribution in [0, 0.1) is 13.8 Å². The zero-order valence-corrected chi connectivity index (χ0v) is 22.1. The molecule has 190 valence electrons. The third-order valence-electron chi connectivity index (χ3n) is 6.93. The molecule has 1 aliphatic rings. The van der Waals surface area contributed by atoms with Gasteiger partial charge in [0, 0.05) is 30.2 Å². The lowest BCUT2D eigenvalue weighted by Gasteiger charge is -2.38. The average Bonchev–Trinajstić information content (AvgIpc) is 2.89. The predicted octanol–water partition coefficient (Wildman–Crippen LogP) is 5.02. The van der Waals surface area contributed by atoms with Gasteiger partial charge in [-0.15, -0.1) is 0 Å². The number of carbonyl (C=O) groups is 1. The van der Waals surface area contributed by atoms with E-state index in [0.29, 0.717) is 30.5 Å². The van der Waals surface area contributed by atoms with Crippen LogP contribution >= 0.6 is 11.6 Å². The maximum absolute atomic E-state index is 13.7. The van der Waals surface area contributed by atoms with Crippen molar-refractivity contribution in [2.45, 2.75) is 37.0 Å². The maximum atomic E-state index is 13.7. The monoisotopic (exact) mass is 526 g/mol. The second-order valence-electron chi connectivity index (χ2n) is 9.27. The standard InChI is InChI=1S/C28H31ClN2O4S/c1-21-8-11-25(18-22(21)2)31(36(33,34)26-12-9-24(29)10-13-26)19-27(32)30-20-28(14-16-35-17-15-28)23-6-4-3-5-7-23/h3-13,18H,14-17,19-20H2,1-2H3,(H,30,32). The van der Waals surface area contributed by atoms with E-state index in [1.165, 1.54) is 24.3 Å². The van der Waals surface area contributed by atoms with Crippen LogP contribution < -0.4 is 9.62 Å². The zero-order valence-electron chi connectivity index (χ0n) is 20.5. The summed E-state index contributed by atoms with van der Waals surface area (Å²) in [4.78, 5) is 13.3. The van der Waals surface area contributed by atoms with Crippen LogP contribution in [0.25, 0.3) is 0 Å². The van der Waals surface area contributed by atoms with E-state index in [9.17, 15) is 13.2 Å². The number of hydrogen-bond donors (Lipinski definition) is 1. The van der Waals surface area contributed by atoms with Crippen LogP contribution in [0.4, 0.5) is 5.69 Å². The molecule has 3 aromatic rings. The van der Waals surface area contributed by atoms with E-state index < -0.39 is 10.0 Å². The van der Waals surface area contributed by atoms with Crippen LogP contribution in [0.15, 0.2) is 77.7 Å². The highest BCUT2D eigenvalue weighted by atomic mass is 35.5. The molecule has 1 fully saturated rings.